The molecule has 170 valence electrons. The van der Waals surface area contributed by atoms with Crippen LogP contribution in [0, 0.1) is 5.92 Å². The Morgan fingerprint density at radius 3 is 2.66 bits per heavy atom. The van der Waals surface area contributed by atoms with Crippen molar-refractivity contribution in [1.82, 2.24) is 19.9 Å². The lowest BCUT2D eigenvalue weighted by atomic mass is 9.78. The number of aromatic nitrogens is 4. The first kappa shape index (κ1) is 24.2. The van der Waals surface area contributed by atoms with E-state index in [1.54, 1.807) is 34.8 Å². The van der Waals surface area contributed by atoms with Gasteiger partial charge in [0.05, 0.1) is 30.3 Å². The maximum absolute atomic E-state index is 12.4. The van der Waals surface area contributed by atoms with Crippen LogP contribution in [-0.4, -0.2) is 44.7 Å². The summed E-state index contributed by atoms with van der Waals surface area (Å²) in [6.45, 7) is 1.44. The van der Waals surface area contributed by atoms with Crippen LogP contribution in [-0.2, 0) is 4.74 Å². The molecule has 32 heavy (non-hydrogen) atoms. The molecule has 3 aromatic rings. The van der Waals surface area contributed by atoms with Crippen LogP contribution in [0.2, 0.25) is 0 Å². The largest absolute Gasteiger partial charge is 0.441 e. The molecule has 4 heterocycles. The molecule has 11 heteroatoms. The summed E-state index contributed by atoms with van der Waals surface area (Å²) < 4.78 is 5.81. The van der Waals surface area contributed by atoms with Crippen LogP contribution in [0.15, 0.2) is 48.5 Å². The molecule has 0 aromatic carbocycles. The van der Waals surface area contributed by atoms with Gasteiger partial charge in [-0.2, -0.15) is 0 Å². The SMILES string of the molecule is Cl.Cl.O=C1OC2(CCC(CNc3nc(-c4ccccn4)cs3)CC2)CN1c1cncnc1. The predicted molar refractivity (Wildman–Crippen MR) is 129 cm³/mol. The van der Waals surface area contributed by atoms with Crippen molar-refractivity contribution in [3.05, 3.63) is 48.5 Å². The number of halogens is 2. The molecule has 2 aliphatic rings. The molecule has 1 N–H and O–H groups in total. The zero-order valence-electron chi connectivity index (χ0n) is 17.2. The Morgan fingerprint density at radius 1 is 1.16 bits per heavy atom. The zero-order valence-corrected chi connectivity index (χ0v) is 19.7. The molecule has 1 aliphatic carbocycles. The van der Waals surface area contributed by atoms with E-state index in [9.17, 15) is 4.79 Å². The lowest BCUT2D eigenvalue weighted by molar-refractivity contribution is 0.0148. The minimum absolute atomic E-state index is 0. The molecule has 1 amide bonds. The van der Waals surface area contributed by atoms with Gasteiger partial charge < -0.3 is 10.1 Å². The maximum atomic E-state index is 12.4. The van der Waals surface area contributed by atoms with E-state index >= 15 is 0 Å². The van der Waals surface area contributed by atoms with Gasteiger partial charge in [-0.25, -0.2) is 19.7 Å². The fraction of sp³-hybridized carbons (Fsp3) is 0.381. The quantitative estimate of drug-likeness (QED) is 0.542. The number of amides is 1. The lowest BCUT2D eigenvalue weighted by Crippen LogP contribution is -2.39. The highest BCUT2D eigenvalue weighted by atomic mass is 35.5. The highest BCUT2D eigenvalue weighted by Gasteiger charge is 2.47. The molecule has 0 unspecified atom stereocenters. The van der Waals surface area contributed by atoms with E-state index < -0.39 is 5.60 Å². The standard InChI is InChI=1S/C21H22N6O2S.2ClH/c28-20-27(16-10-22-14-23-11-16)13-21(29-20)6-4-15(5-7-21)9-25-19-26-18(12-30-19)17-3-1-2-8-24-17;;/h1-3,8,10-12,14-15H,4-7,9,13H2,(H,25,26);2*1H. The van der Waals surface area contributed by atoms with Crippen molar-refractivity contribution in [2.45, 2.75) is 31.3 Å². The van der Waals surface area contributed by atoms with Gasteiger partial charge >= 0.3 is 6.09 Å². The Kier molecular flexibility index (Phi) is 7.86. The second-order valence-corrected chi connectivity index (χ2v) is 8.67. The van der Waals surface area contributed by atoms with E-state index in [1.807, 2.05) is 23.6 Å². The summed E-state index contributed by atoms with van der Waals surface area (Å²) in [6.07, 6.45) is 9.99. The molecule has 3 aromatic heterocycles. The molecule has 1 saturated carbocycles. The summed E-state index contributed by atoms with van der Waals surface area (Å²) in [7, 11) is 0. The van der Waals surface area contributed by atoms with Crippen molar-refractivity contribution in [1.29, 1.82) is 0 Å². The van der Waals surface area contributed by atoms with Crippen LogP contribution >= 0.6 is 36.2 Å². The number of nitrogens with one attached hydrogen (secondary N) is 1. The van der Waals surface area contributed by atoms with Crippen molar-refractivity contribution in [3.8, 4) is 11.4 Å². The Bertz CT molecular complexity index is 1020. The van der Waals surface area contributed by atoms with Crippen molar-refractivity contribution in [3.63, 3.8) is 0 Å². The third-order valence-corrected chi connectivity index (χ3v) is 6.62. The van der Waals surface area contributed by atoms with Gasteiger partial charge in [-0.15, -0.1) is 36.2 Å². The number of pyridine rings is 1. The molecule has 0 radical (unpaired) electrons. The van der Waals surface area contributed by atoms with Crippen LogP contribution in [0.1, 0.15) is 25.7 Å². The topological polar surface area (TPSA) is 93.1 Å². The van der Waals surface area contributed by atoms with E-state index in [0.29, 0.717) is 18.2 Å². The fourth-order valence-corrected chi connectivity index (χ4v) is 4.85. The molecule has 1 aliphatic heterocycles. The first-order valence-corrected chi connectivity index (χ1v) is 11.0. The van der Waals surface area contributed by atoms with E-state index in [0.717, 1.165) is 48.7 Å². The third kappa shape index (κ3) is 5.11. The van der Waals surface area contributed by atoms with E-state index in [1.165, 1.54) is 6.33 Å². The molecule has 8 nitrogen and oxygen atoms in total. The maximum Gasteiger partial charge on any atom is 0.415 e. The molecule has 0 bridgehead atoms. The van der Waals surface area contributed by atoms with Crippen LogP contribution in [0.5, 0.6) is 0 Å². The molecule has 2 fully saturated rings. The number of ether oxygens (including phenoxy) is 1. The van der Waals surface area contributed by atoms with Crippen molar-refractivity contribution < 1.29 is 9.53 Å². The minimum atomic E-state index is -0.392. The Hall–Kier alpha value is -2.49. The predicted octanol–water partition coefficient (Wildman–Crippen LogP) is 4.84. The molecular weight excluding hydrogens is 471 g/mol. The normalized spacial score (nSPS) is 22.1. The molecule has 1 spiro atoms. The van der Waals surface area contributed by atoms with Gasteiger partial charge in [0.1, 0.15) is 17.6 Å². The minimum Gasteiger partial charge on any atom is -0.441 e. The number of carbonyl (C=O) groups is 1. The van der Waals surface area contributed by atoms with Gasteiger partial charge in [-0.05, 0) is 43.7 Å². The van der Waals surface area contributed by atoms with Crippen molar-refractivity contribution in [2.24, 2.45) is 5.92 Å². The Balaban J connectivity index is 0.00000144. The van der Waals surface area contributed by atoms with Crippen LogP contribution in [0.25, 0.3) is 11.4 Å². The first-order valence-electron chi connectivity index (χ1n) is 10.1. The number of hydrogen-bond acceptors (Lipinski definition) is 8. The highest BCUT2D eigenvalue weighted by molar-refractivity contribution is 7.14. The average Bonchev–Trinajstić information content (AvgIpc) is 3.39. The molecule has 0 atom stereocenters. The van der Waals surface area contributed by atoms with Crippen LogP contribution in [0.3, 0.4) is 0 Å². The Morgan fingerprint density at radius 2 is 1.94 bits per heavy atom. The summed E-state index contributed by atoms with van der Waals surface area (Å²) in [4.78, 5) is 31.0. The van der Waals surface area contributed by atoms with E-state index in [2.05, 4.69) is 25.3 Å². The number of thiazole rings is 1. The number of anilines is 2. The van der Waals surface area contributed by atoms with Gasteiger partial charge in [0.15, 0.2) is 5.13 Å². The first-order chi connectivity index (χ1) is 14.7. The summed E-state index contributed by atoms with van der Waals surface area (Å²) in [5.41, 5.74) is 2.08. The highest BCUT2D eigenvalue weighted by Crippen LogP contribution is 2.40. The van der Waals surface area contributed by atoms with Gasteiger partial charge in [0.2, 0.25) is 0 Å². The number of nitrogens with zero attached hydrogens (tertiary/aromatic N) is 5. The van der Waals surface area contributed by atoms with E-state index in [-0.39, 0.29) is 30.9 Å². The third-order valence-electron chi connectivity index (χ3n) is 5.82. The average molecular weight is 495 g/mol. The number of carbonyl (C=O) groups excluding carboxylic acids is 1. The van der Waals surface area contributed by atoms with Gasteiger partial charge in [0.25, 0.3) is 0 Å². The summed E-state index contributed by atoms with van der Waals surface area (Å²) in [6, 6.07) is 5.83. The lowest BCUT2D eigenvalue weighted by Gasteiger charge is -2.35. The van der Waals surface area contributed by atoms with Crippen LogP contribution in [0.4, 0.5) is 15.6 Å². The molecular formula is C21H24Cl2N6O2S. The number of rotatable bonds is 5. The fourth-order valence-electron chi connectivity index (χ4n) is 4.14. The van der Waals surface area contributed by atoms with Gasteiger partial charge in [-0.3, -0.25) is 9.88 Å². The van der Waals surface area contributed by atoms with Gasteiger partial charge in [0, 0.05) is 18.1 Å². The second-order valence-electron chi connectivity index (χ2n) is 7.81. The van der Waals surface area contributed by atoms with Gasteiger partial charge in [-0.1, -0.05) is 6.07 Å². The zero-order chi connectivity index (χ0) is 20.4. The second kappa shape index (κ2) is 10.4. The Labute approximate surface area is 202 Å². The molecule has 5 rings (SSSR count). The number of hydrogen-bond donors (Lipinski definition) is 1. The summed E-state index contributed by atoms with van der Waals surface area (Å²) >= 11 is 1.60. The molecule has 1 saturated heterocycles. The van der Waals surface area contributed by atoms with Crippen molar-refractivity contribution in [2.75, 3.05) is 23.3 Å². The summed E-state index contributed by atoms with van der Waals surface area (Å²) in [5, 5.41) is 6.42. The van der Waals surface area contributed by atoms with Crippen molar-refractivity contribution >= 4 is 53.1 Å². The monoisotopic (exact) mass is 494 g/mol. The summed E-state index contributed by atoms with van der Waals surface area (Å²) in [5.74, 6) is 0.533. The van der Waals surface area contributed by atoms with E-state index in [4.69, 9.17) is 4.74 Å². The van der Waals surface area contributed by atoms with Crippen LogP contribution < -0.4 is 10.2 Å². The smallest absolute Gasteiger partial charge is 0.415 e.